The van der Waals surface area contributed by atoms with Crippen molar-refractivity contribution >= 4 is 11.3 Å². The average Bonchev–Trinajstić information content (AvgIpc) is 2.90. The molecule has 2 nitrogen and oxygen atoms in total. The number of aryl methyl sites for hydroxylation is 2. The van der Waals surface area contributed by atoms with Gasteiger partial charge in [-0.3, -0.25) is 4.90 Å². The second kappa shape index (κ2) is 6.53. The summed E-state index contributed by atoms with van der Waals surface area (Å²) in [6.45, 7) is 7.28. The molecule has 3 rings (SSSR count). The van der Waals surface area contributed by atoms with Crippen LogP contribution in [0.1, 0.15) is 34.4 Å². The lowest BCUT2D eigenvalue weighted by atomic mass is 9.85. The van der Waals surface area contributed by atoms with Crippen molar-refractivity contribution in [3.05, 3.63) is 57.3 Å². The van der Waals surface area contributed by atoms with Crippen molar-refractivity contribution in [2.24, 2.45) is 0 Å². The highest BCUT2D eigenvalue weighted by Gasteiger charge is 2.32. The van der Waals surface area contributed by atoms with Crippen LogP contribution in [0, 0.1) is 13.8 Å². The third kappa shape index (κ3) is 3.78. The van der Waals surface area contributed by atoms with E-state index < -0.39 is 5.60 Å². The zero-order valence-corrected chi connectivity index (χ0v) is 14.3. The van der Waals surface area contributed by atoms with Gasteiger partial charge in [0.2, 0.25) is 0 Å². The summed E-state index contributed by atoms with van der Waals surface area (Å²) in [6, 6.07) is 10.8. The summed E-state index contributed by atoms with van der Waals surface area (Å²) in [5, 5.41) is 13.0. The van der Waals surface area contributed by atoms with Crippen molar-refractivity contribution in [1.29, 1.82) is 0 Å². The first-order chi connectivity index (χ1) is 10.5. The van der Waals surface area contributed by atoms with Crippen LogP contribution < -0.4 is 0 Å². The molecule has 0 radical (unpaired) electrons. The molecule has 0 spiro atoms. The fourth-order valence-corrected chi connectivity index (χ4v) is 3.93. The van der Waals surface area contributed by atoms with Crippen molar-refractivity contribution in [2.45, 2.75) is 45.3 Å². The van der Waals surface area contributed by atoms with Gasteiger partial charge >= 0.3 is 0 Å². The van der Waals surface area contributed by atoms with Crippen molar-refractivity contribution in [3.8, 4) is 0 Å². The average molecular weight is 315 g/mol. The van der Waals surface area contributed by atoms with E-state index in [2.05, 4.69) is 54.5 Å². The van der Waals surface area contributed by atoms with E-state index in [1.807, 2.05) is 11.3 Å². The monoisotopic (exact) mass is 315 g/mol. The van der Waals surface area contributed by atoms with E-state index in [9.17, 15) is 5.11 Å². The van der Waals surface area contributed by atoms with Crippen LogP contribution in [-0.2, 0) is 13.0 Å². The van der Waals surface area contributed by atoms with Gasteiger partial charge in [0.15, 0.2) is 0 Å². The maximum absolute atomic E-state index is 10.9. The van der Waals surface area contributed by atoms with Crippen LogP contribution in [-0.4, -0.2) is 28.7 Å². The zero-order chi connectivity index (χ0) is 15.6. The van der Waals surface area contributed by atoms with E-state index in [1.54, 1.807) is 0 Å². The highest BCUT2D eigenvalue weighted by molar-refractivity contribution is 7.10. The third-order valence-electron chi connectivity index (χ3n) is 4.80. The Kier molecular flexibility index (Phi) is 4.67. The summed E-state index contributed by atoms with van der Waals surface area (Å²) in [7, 11) is 0. The number of piperidine rings is 1. The van der Waals surface area contributed by atoms with Crippen LogP contribution in [0.3, 0.4) is 0 Å². The minimum atomic E-state index is -0.532. The first kappa shape index (κ1) is 15.7. The molecule has 0 saturated carbocycles. The summed E-state index contributed by atoms with van der Waals surface area (Å²) in [5.41, 5.74) is 3.43. The maximum Gasteiger partial charge on any atom is 0.0712 e. The van der Waals surface area contributed by atoms with Crippen LogP contribution in [0.25, 0.3) is 0 Å². The molecule has 1 aliphatic heterocycles. The molecule has 1 fully saturated rings. The van der Waals surface area contributed by atoms with Gasteiger partial charge in [-0.15, -0.1) is 11.3 Å². The van der Waals surface area contributed by atoms with Crippen LogP contribution in [0.15, 0.2) is 35.7 Å². The van der Waals surface area contributed by atoms with Gasteiger partial charge in [0.1, 0.15) is 0 Å². The smallest absolute Gasteiger partial charge is 0.0712 e. The van der Waals surface area contributed by atoms with Gasteiger partial charge in [0, 0.05) is 30.9 Å². The molecule has 1 aromatic carbocycles. The molecule has 0 unspecified atom stereocenters. The largest absolute Gasteiger partial charge is 0.389 e. The molecule has 2 heterocycles. The van der Waals surface area contributed by atoms with Crippen molar-refractivity contribution in [3.63, 3.8) is 0 Å². The Morgan fingerprint density at radius 3 is 2.36 bits per heavy atom. The lowest BCUT2D eigenvalue weighted by molar-refractivity contribution is -0.0224. The molecule has 1 aromatic heterocycles. The first-order valence-electron chi connectivity index (χ1n) is 8.07. The van der Waals surface area contributed by atoms with Gasteiger partial charge < -0.3 is 5.11 Å². The number of aliphatic hydroxyl groups is 1. The molecule has 3 heteroatoms. The number of nitrogens with zero attached hydrogens (tertiary/aromatic N) is 1. The van der Waals surface area contributed by atoms with E-state index in [1.165, 1.54) is 21.6 Å². The van der Waals surface area contributed by atoms with Gasteiger partial charge in [0.25, 0.3) is 0 Å². The Morgan fingerprint density at radius 2 is 1.77 bits per heavy atom. The number of hydrogen-bond acceptors (Lipinski definition) is 3. The molecule has 1 saturated heterocycles. The number of rotatable bonds is 4. The highest BCUT2D eigenvalue weighted by Crippen LogP contribution is 2.28. The Bertz CT molecular complexity index is 609. The molecular formula is C19H25NOS. The molecule has 0 aliphatic carbocycles. The zero-order valence-electron chi connectivity index (χ0n) is 13.5. The lowest BCUT2D eigenvalue weighted by Crippen LogP contribution is -2.45. The van der Waals surface area contributed by atoms with Crippen molar-refractivity contribution in [2.75, 3.05) is 13.1 Å². The fraction of sp³-hybridized carbons (Fsp3) is 0.474. The quantitative estimate of drug-likeness (QED) is 0.924. The predicted octanol–water partition coefficient (Wildman–Crippen LogP) is 3.93. The van der Waals surface area contributed by atoms with Gasteiger partial charge in [-0.25, -0.2) is 0 Å². The SMILES string of the molecule is Cc1ccc(CC2(O)CCN(Cc3ccsc3C)CC2)cc1. The van der Waals surface area contributed by atoms with E-state index in [-0.39, 0.29) is 0 Å². The van der Waals surface area contributed by atoms with Gasteiger partial charge in [-0.1, -0.05) is 29.8 Å². The van der Waals surface area contributed by atoms with Crippen LogP contribution in [0.2, 0.25) is 0 Å². The molecule has 2 aromatic rings. The first-order valence-corrected chi connectivity index (χ1v) is 8.95. The van der Waals surface area contributed by atoms with Gasteiger partial charge in [-0.05, 0) is 49.3 Å². The van der Waals surface area contributed by atoms with Crippen molar-refractivity contribution in [1.82, 2.24) is 4.90 Å². The Morgan fingerprint density at radius 1 is 1.09 bits per heavy atom. The minimum Gasteiger partial charge on any atom is -0.389 e. The van der Waals surface area contributed by atoms with E-state index in [0.717, 1.165) is 38.9 Å². The molecule has 118 valence electrons. The molecule has 0 atom stereocenters. The number of thiophene rings is 1. The van der Waals surface area contributed by atoms with Crippen LogP contribution in [0.5, 0.6) is 0 Å². The maximum atomic E-state index is 10.9. The highest BCUT2D eigenvalue weighted by atomic mass is 32.1. The minimum absolute atomic E-state index is 0.532. The molecule has 1 aliphatic rings. The van der Waals surface area contributed by atoms with E-state index in [0.29, 0.717) is 0 Å². The van der Waals surface area contributed by atoms with Crippen LogP contribution >= 0.6 is 11.3 Å². The summed E-state index contributed by atoms with van der Waals surface area (Å²) in [6.07, 6.45) is 2.51. The molecule has 1 N–H and O–H groups in total. The number of benzene rings is 1. The fourth-order valence-electron chi connectivity index (χ4n) is 3.21. The Balaban J connectivity index is 1.56. The van der Waals surface area contributed by atoms with Gasteiger partial charge in [0.05, 0.1) is 5.60 Å². The molecule has 22 heavy (non-hydrogen) atoms. The Labute approximate surface area is 137 Å². The normalized spacial score (nSPS) is 18.5. The molecular weight excluding hydrogens is 290 g/mol. The van der Waals surface area contributed by atoms with E-state index >= 15 is 0 Å². The second-order valence-electron chi connectivity index (χ2n) is 6.66. The molecule has 0 amide bonds. The summed E-state index contributed by atoms with van der Waals surface area (Å²) in [4.78, 5) is 3.89. The summed E-state index contributed by atoms with van der Waals surface area (Å²) < 4.78 is 0. The van der Waals surface area contributed by atoms with E-state index in [4.69, 9.17) is 0 Å². The van der Waals surface area contributed by atoms with Gasteiger partial charge in [-0.2, -0.15) is 0 Å². The number of likely N-dealkylation sites (tertiary alicyclic amines) is 1. The topological polar surface area (TPSA) is 23.5 Å². The molecule has 0 bridgehead atoms. The standard InChI is InChI=1S/C19H25NOS/c1-15-3-5-17(6-4-15)13-19(21)8-10-20(11-9-19)14-18-7-12-22-16(18)2/h3-7,12,21H,8-11,13-14H2,1-2H3. The van der Waals surface area contributed by atoms with Crippen molar-refractivity contribution < 1.29 is 5.11 Å². The predicted molar refractivity (Wildman–Crippen MR) is 93.4 cm³/mol. The summed E-state index contributed by atoms with van der Waals surface area (Å²) >= 11 is 1.82. The Hall–Kier alpha value is -1.16. The third-order valence-corrected chi connectivity index (χ3v) is 5.69. The number of hydrogen-bond donors (Lipinski definition) is 1. The van der Waals surface area contributed by atoms with Crippen LogP contribution in [0.4, 0.5) is 0 Å². The lowest BCUT2D eigenvalue weighted by Gasteiger charge is -2.38. The summed E-state index contributed by atoms with van der Waals surface area (Å²) in [5.74, 6) is 0. The second-order valence-corrected chi connectivity index (χ2v) is 7.79.